The first-order chi connectivity index (χ1) is 10.2. The third kappa shape index (κ3) is 6.76. The van der Waals surface area contributed by atoms with Crippen LogP contribution in [-0.4, -0.2) is 59.2 Å². The molecule has 8 heteroatoms. The number of rotatable bonds is 8. The Morgan fingerprint density at radius 2 is 1.95 bits per heavy atom. The smallest absolute Gasteiger partial charge is 0.232 e. The standard InChI is InChI=1S/C14H22BrN3O3S/c1-17(2)10-8-16-14(19)7-9-18(22(3,20)21)13-6-4-5-12(15)11-13/h4-6,11H,7-10H2,1-3H3,(H,16,19). The van der Waals surface area contributed by atoms with Gasteiger partial charge in [-0.15, -0.1) is 0 Å². The van der Waals surface area contributed by atoms with E-state index in [2.05, 4.69) is 21.2 Å². The van der Waals surface area contributed by atoms with Crippen LogP contribution in [-0.2, 0) is 14.8 Å². The lowest BCUT2D eigenvalue weighted by molar-refractivity contribution is -0.120. The fourth-order valence-electron chi connectivity index (χ4n) is 1.83. The minimum absolute atomic E-state index is 0.114. The summed E-state index contributed by atoms with van der Waals surface area (Å²) in [6.45, 7) is 1.40. The minimum Gasteiger partial charge on any atom is -0.355 e. The molecular formula is C14H22BrN3O3S. The first-order valence-corrected chi connectivity index (χ1v) is 9.49. The van der Waals surface area contributed by atoms with Gasteiger partial charge in [-0.1, -0.05) is 22.0 Å². The zero-order chi connectivity index (χ0) is 16.8. The van der Waals surface area contributed by atoms with Crippen LogP contribution in [0.15, 0.2) is 28.7 Å². The van der Waals surface area contributed by atoms with Gasteiger partial charge in [-0.25, -0.2) is 8.42 Å². The van der Waals surface area contributed by atoms with Gasteiger partial charge in [0.2, 0.25) is 15.9 Å². The van der Waals surface area contributed by atoms with Gasteiger partial charge in [0.05, 0.1) is 11.9 Å². The Morgan fingerprint density at radius 1 is 1.27 bits per heavy atom. The molecule has 1 amide bonds. The number of hydrogen-bond acceptors (Lipinski definition) is 4. The van der Waals surface area contributed by atoms with Gasteiger partial charge in [-0.3, -0.25) is 9.10 Å². The van der Waals surface area contributed by atoms with Gasteiger partial charge in [-0.2, -0.15) is 0 Å². The van der Waals surface area contributed by atoms with Crippen LogP contribution in [0, 0.1) is 0 Å². The molecule has 22 heavy (non-hydrogen) atoms. The van der Waals surface area contributed by atoms with Crippen molar-refractivity contribution >= 4 is 37.5 Å². The average molecular weight is 392 g/mol. The van der Waals surface area contributed by atoms with Crippen molar-refractivity contribution in [2.45, 2.75) is 6.42 Å². The van der Waals surface area contributed by atoms with Gasteiger partial charge in [0.1, 0.15) is 0 Å². The second kappa shape index (κ2) is 8.50. The fraction of sp³-hybridized carbons (Fsp3) is 0.500. The maximum absolute atomic E-state index is 11.9. The molecule has 0 aliphatic heterocycles. The number of nitrogens with one attached hydrogen (secondary N) is 1. The Kier molecular flexibility index (Phi) is 7.31. The van der Waals surface area contributed by atoms with E-state index in [9.17, 15) is 13.2 Å². The molecule has 1 rings (SSSR count). The number of sulfonamides is 1. The molecule has 1 aromatic rings. The average Bonchev–Trinajstić information content (AvgIpc) is 2.37. The molecular weight excluding hydrogens is 370 g/mol. The SMILES string of the molecule is CN(C)CCNC(=O)CCN(c1cccc(Br)c1)S(C)(=O)=O. The number of nitrogens with zero attached hydrogens (tertiary/aromatic N) is 2. The highest BCUT2D eigenvalue weighted by molar-refractivity contribution is 9.10. The van der Waals surface area contributed by atoms with Crippen molar-refractivity contribution in [3.8, 4) is 0 Å². The Labute approximate surface area is 140 Å². The second-order valence-electron chi connectivity index (χ2n) is 5.22. The van der Waals surface area contributed by atoms with Crippen LogP contribution in [0.3, 0.4) is 0 Å². The molecule has 0 aromatic heterocycles. The van der Waals surface area contributed by atoms with Gasteiger partial charge in [0.25, 0.3) is 0 Å². The third-order valence-electron chi connectivity index (χ3n) is 2.92. The summed E-state index contributed by atoms with van der Waals surface area (Å²) in [5, 5.41) is 2.77. The largest absolute Gasteiger partial charge is 0.355 e. The van der Waals surface area contributed by atoms with Gasteiger partial charge >= 0.3 is 0 Å². The molecule has 0 heterocycles. The van der Waals surface area contributed by atoms with Crippen LogP contribution >= 0.6 is 15.9 Å². The van der Waals surface area contributed by atoms with E-state index < -0.39 is 10.0 Å². The number of halogens is 1. The summed E-state index contributed by atoms with van der Waals surface area (Å²) < 4.78 is 25.9. The maximum Gasteiger partial charge on any atom is 0.232 e. The highest BCUT2D eigenvalue weighted by Gasteiger charge is 2.18. The zero-order valence-corrected chi connectivity index (χ0v) is 15.4. The van der Waals surface area contributed by atoms with E-state index in [1.54, 1.807) is 18.2 Å². The topological polar surface area (TPSA) is 69.7 Å². The molecule has 0 spiro atoms. The molecule has 0 unspecified atom stereocenters. The predicted molar refractivity (Wildman–Crippen MR) is 92.5 cm³/mol. The first-order valence-electron chi connectivity index (χ1n) is 6.85. The van der Waals surface area contributed by atoms with Gasteiger partial charge < -0.3 is 10.2 Å². The van der Waals surface area contributed by atoms with Gasteiger partial charge in [0, 0.05) is 30.5 Å². The summed E-state index contributed by atoms with van der Waals surface area (Å²) in [5.41, 5.74) is 0.540. The van der Waals surface area contributed by atoms with Crippen molar-refractivity contribution in [3.63, 3.8) is 0 Å². The summed E-state index contributed by atoms with van der Waals surface area (Å²) in [4.78, 5) is 13.8. The Bertz CT molecular complexity index is 605. The molecule has 0 aliphatic carbocycles. The van der Waals surface area contributed by atoms with Crippen LogP contribution in [0.5, 0.6) is 0 Å². The van der Waals surface area contributed by atoms with Crippen LogP contribution < -0.4 is 9.62 Å². The molecule has 1 N–H and O–H groups in total. The van der Waals surface area contributed by atoms with Crippen molar-refractivity contribution in [3.05, 3.63) is 28.7 Å². The molecule has 0 atom stereocenters. The molecule has 6 nitrogen and oxygen atoms in total. The summed E-state index contributed by atoms with van der Waals surface area (Å²) in [6.07, 6.45) is 1.25. The van der Waals surface area contributed by atoms with E-state index in [1.165, 1.54) is 4.31 Å². The first kappa shape index (κ1) is 18.9. The summed E-state index contributed by atoms with van der Waals surface area (Å²) in [5.74, 6) is -0.162. The van der Waals surface area contributed by atoms with Crippen molar-refractivity contribution < 1.29 is 13.2 Å². The predicted octanol–water partition coefficient (Wildman–Crippen LogP) is 1.28. The molecule has 0 fully saturated rings. The lowest BCUT2D eigenvalue weighted by Crippen LogP contribution is -2.36. The van der Waals surface area contributed by atoms with Crippen molar-refractivity contribution in [2.24, 2.45) is 0 Å². The summed E-state index contributed by atoms with van der Waals surface area (Å²) in [6, 6.07) is 6.99. The molecule has 0 bridgehead atoms. The zero-order valence-electron chi connectivity index (χ0n) is 13.0. The number of anilines is 1. The molecule has 0 saturated carbocycles. The van der Waals surface area contributed by atoms with E-state index in [0.717, 1.165) is 17.3 Å². The quantitative estimate of drug-likeness (QED) is 0.724. The molecule has 124 valence electrons. The fourth-order valence-corrected chi connectivity index (χ4v) is 3.13. The third-order valence-corrected chi connectivity index (χ3v) is 4.61. The van der Waals surface area contributed by atoms with Crippen LogP contribution in [0.1, 0.15) is 6.42 Å². The second-order valence-corrected chi connectivity index (χ2v) is 8.04. The van der Waals surface area contributed by atoms with Crippen LogP contribution in [0.2, 0.25) is 0 Å². The van der Waals surface area contributed by atoms with Crippen LogP contribution in [0.25, 0.3) is 0 Å². The Hall–Kier alpha value is -1.12. The van der Waals surface area contributed by atoms with Crippen LogP contribution in [0.4, 0.5) is 5.69 Å². The minimum atomic E-state index is -3.44. The van der Waals surface area contributed by atoms with E-state index in [0.29, 0.717) is 12.2 Å². The number of carbonyl (C=O) groups is 1. The molecule has 0 aliphatic rings. The Morgan fingerprint density at radius 3 is 2.50 bits per heavy atom. The summed E-state index contributed by atoms with van der Waals surface area (Å²) >= 11 is 3.32. The highest BCUT2D eigenvalue weighted by Crippen LogP contribution is 2.22. The monoisotopic (exact) mass is 391 g/mol. The number of amides is 1. The number of benzene rings is 1. The van der Waals surface area contributed by atoms with Crippen molar-refractivity contribution in [1.82, 2.24) is 10.2 Å². The maximum atomic E-state index is 11.9. The summed E-state index contributed by atoms with van der Waals surface area (Å²) in [7, 11) is 0.403. The van der Waals surface area contributed by atoms with E-state index >= 15 is 0 Å². The molecule has 0 radical (unpaired) electrons. The lowest BCUT2D eigenvalue weighted by atomic mass is 10.3. The Balaban J connectivity index is 2.66. The number of hydrogen-bond donors (Lipinski definition) is 1. The molecule has 0 saturated heterocycles. The van der Waals surface area contributed by atoms with Crippen molar-refractivity contribution in [1.29, 1.82) is 0 Å². The van der Waals surface area contributed by atoms with E-state index in [1.807, 2.05) is 25.1 Å². The lowest BCUT2D eigenvalue weighted by Gasteiger charge is -2.22. The normalized spacial score (nSPS) is 11.5. The van der Waals surface area contributed by atoms with E-state index in [-0.39, 0.29) is 18.9 Å². The van der Waals surface area contributed by atoms with Crippen molar-refractivity contribution in [2.75, 3.05) is 44.3 Å². The van der Waals surface area contributed by atoms with Gasteiger partial charge in [-0.05, 0) is 32.3 Å². The number of carbonyl (C=O) groups excluding carboxylic acids is 1. The van der Waals surface area contributed by atoms with E-state index in [4.69, 9.17) is 0 Å². The molecule has 1 aromatic carbocycles. The highest BCUT2D eigenvalue weighted by atomic mass is 79.9. The number of likely N-dealkylation sites (N-methyl/N-ethyl adjacent to an activating group) is 1. The van der Waals surface area contributed by atoms with Gasteiger partial charge in [0.15, 0.2) is 0 Å².